The monoisotopic (exact) mass is 553 g/mol. The van der Waals surface area contributed by atoms with E-state index < -0.39 is 34.2 Å². The van der Waals surface area contributed by atoms with Crippen LogP contribution >= 0.6 is 11.3 Å². The van der Waals surface area contributed by atoms with Gasteiger partial charge in [0.25, 0.3) is 5.91 Å². The lowest BCUT2D eigenvalue weighted by Crippen LogP contribution is -2.41. The third-order valence-electron chi connectivity index (χ3n) is 6.96. The van der Waals surface area contributed by atoms with E-state index in [4.69, 9.17) is 5.73 Å². The van der Waals surface area contributed by atoms with Gasteiger partial charge in [-0.2, -0.15) is 13.2 Å². The number of nitrogens with one attached hydrogen (secondary N) is 1. The summed E-state index contributed by atoms with van der Waals surface area (Å²) in [5.41, 5.74) is 7.99. The lowest BCUT2D eigenvalue weighted by Gasteiger charge is -2.34. The van der Waals surface area contributed by atoms with Gasteiger partial charge >= 0.3 is 6.18 Å². The van der Waals surface area contributed by atoms with E-state index in [-0.39, 0.29) is 16.6 Å². The molecule has 2 unspecified atom stereocenters. The highest BCUT2D eigenvalue weighted by molar-refractivity contribution is 7.17. The van der Waals surface area contributed by atoms with Gasteiger partial charge in [0.1, 0.15) is 15.6 Å². The van der Waals surface area contributed by atoms with Gasteiger partial charge in [-0.25, -0.2) is 4.98 Å². The minimum absolute atomic E-state index is 0.00164. The molecule has 39 heavy (non-hydrogen) atoms. The molecule has 10 heteroatoms. The van der Waals surface area contributed by atoms with Crippen molar-refractivity contribution in [2.75, 3.05) is 0 Å². The van der Waals surface area contributed by atoms with Crippen molar-refractivity contribution in [3.63, 3.8) is 0 Å². The molecule has 3 heterocycles. The van der Waals surface area contributed by atoms with Crippen molar-refractivity contribution in [3.8, 4) is 21.8 Å². The van der Waals surface area contributed by atoms with E-state index in [9.17, 15) is 18.0 Å². The molecule has 1 amide bonds. The molecule has 0 saturated heterocycles. The fourth-order valence-corrected chi connectivity index (χ4v) is 5.49. The Labute approximate surface area is 229 Å². The van der Waals surface area contributed by atoms with Crippen molar-refractivity contribution in [1.82, 2.24) is 20.3 Å². The highest BCUT2D eigenvalue weighted by Crippen LogP contribution is 2.41. The third-order valence-corrected chi connectivity index (χ3v) is 8.02. The Morgan fingerprint density at radius 1 is 1.05 bits per heavy atom. The lowest BCUT2D eigenvalue weighted by molar-refractivity contribution is -0.141. The normalized spacial score (nSPS) is 14.2. The van der Waals surface area contributed by atoms with Gasteiger partial charge in [0.05, 0.1) is 6.04 Å². The van der Waals surface area contributed by atoms with Crippen LogP contribution in [0.25, 0.3) is 21.8 Å². The molecular formula is C29H30F3N5OS. The summed E-state index contributed by atoms with van der Waals surface area (Å²) >= 11 is 0.668. The first kappa shape index (κ1) is 28.4. The average Bonchev–Trinajstić information content (AvgIpc) is 3.40. The summed E-state index contributed by atoms with van der Waals surface area (Å²) in [6.07, 6.45) is 0.591. The number of carbonyl (C=O) groups excluding carboxylic acids is 1. The molecule has 0 aliphatic carbocycles. The molecule has 0 bridgehead atoms. The average molecular weight is 554 g/mol. The predicted molar refractivity (Wildman–Crippen MR) is 147 cm³/mol. The van der Waals surface area contributed by atoms with Crippen LogP contribution < -0.4 is 11.1 Å². The number of pyridine rings is 2. The topological polar surface area (TPSA) is 93.8 Å². The summed E-state index contributed by atoms with van der Waals surface area (Å²) in [6, 6.07) is 14.0. The standard InChI is InChI=1S/C29H30F3N5OS/c1-5-28(33,17(2)3)22-12-8-14-35-23(22)27-37-25(29(30,31)32)24(39-27)26(38)36-18(4)19-9-6-10-20(15-19)21-11-7-13-34-16-21/h6-18H,5,33H2,1-4H3,(H,36,38). The molecule has 0 saturated carbocycles. The van der Waals surface area contributed by atoms with E-state index in [0.29, 0.717) is 23.3 Å². The van der Waals surface area contributed by atoms with Crippen LogP contribution in [0, 0.1) is 5.92 Å². The summed E-state index contributed by atoms with van der Waals surface area (Å²) in [4.78, 5) is 25.1. The van der Waals surface area contributed by atoms with E-state index in [2.05, 4.69) is 20.3 Å². The van der Waals surface area contributed by atoms with Crippen molar-refractivity contribution < 1.29 is 18.0 Å². The van der Waals surface area contributed by atoms with Gasteiger partial charge in [0, 0.05) is 29.7 Å². The van der Waals surface area contributed by atoms with Crippen molar-refractivity contribution in [3.05, 3.63) is 88.8 Å². The number of hydrogen-bond donors (Lipinski definition) is 2. The van der Waals surface area contributed by atoms with E-state index in [1.165, 1.54) is 6.20 Å². The molecule has 0 spiro atoms. The number of aromatic nitrogens is 3. The number of carbonyl (C=O) groups is 1. The SMILES string of the molecule is CCC(N)(c1cccnc1-c1nc(C(F)(F)F)c(C(=O)NC(C)c2cccc(-c3cccnc3)c2)s1)C(C)C. The summed E-state index contributed by atoms with van der Waals surface area (Å²) < 4.78 is 42.2. The number of halogens is 3. The molecule has 0 aliphatic heterocycles. The Bertz CT molecular complexity index is 1450. The highest BCUT2D eigenvalue weighted by atomic mass is 32.1. The molecule has 204 valence electrons. The second kappa shape index (κ2) is 11.2. The molecule has 3 aromatic heterocycles. The summed E-state index contributed by atoms with van der Waals surface area (Å²) in [5, 5.41) is 2.71. The number of alkyl halides is 3. The van der Waals surface area contributed by atoms with Gasteiger partial charge in [0.2, 0.25) is 0 Å². The highest BCUT2D eigenvalue weighted by Gasteiger charge is 2.41. The molecule has 0 radical (unpaired) electrons. The molecule has 4 aromatic rings. The number of nitrogens with zero attached hydrogens (tertiary/aromatic N) is 3. The van der Waals surface area contributed by atoms with Crippen LogP contribution in [0.2, 0.25) is 0 Å². The first-order chi connectivity index (χ1) is 18.5. The smallest absolute Gasteiger partial charge is 0.345 e. The summed E-state index contributed by atoms with van der Waals surface area (Å²) in [6.45, 7) is 7.54. The van der Waals surface area contributed by atoms with Crippen molar-refractivity contribution >= 4 is 17.2 Å². The minimum Gasteiger partial charge on any atom is -0.345 e. The largest absolute Gasteiger partial charge is 0.435 e. The molecule has 4 rings (SSSR count). The van der Waals surface area contributed by atoms with Gasteiger partial charge in [-0.1, -0.05) is 51.1 Å². The molecular weight excluding hydrogens is 523 g/mol. The van der Waals surface area contributed by atoms with E-state index in [1.54, 1.807) is 31.5 Å². The van der Waals surface area contributed by atoms with Crippen LogP contribution in [-0.2, 0) is 11.7 Å². The quantitative estimate of drug-likeness (QED) is 0.245. The molecule has 0 aliphatic rings. The van der Waals surface area contributed by atoms with Crippen LogP contribution in [-0.4, -0.2) is 20.9 Å². The van der Waals surface area contributed by atoms with E-state index in [1.807, 2.05) is 57.2 Å². The van der Waals surface area contributed by atoms with Crippen LogP contribution in [0.4, 0.5) is 13.2 Å². The zero-order chi connectivity index (χ0) is 28.4. The Morgan fingerprint density at radius 2 is 1.77 bits per heavy atom. The second-order valence-corrected chi connectivity index (χ2v) is 10.7. The number of benzene rings is 1. The zero-order valence-electron chi connectivity index (χ0n) is 22.1. The third kappa shape index (κ3) is 5.86. The Kier molecular flexibility index (Phi) is 8.17. The number of thiazole rings is 1. The van der Waals surface area contributed by atoms with Crippen LogP contribution in [0.5, 0.6) is 0 Å². The Morgan fingerprint density at radius 3 is 2.41 bits per heavy atom. The van der Waals surface area contributed by atoms with Gasteiger partial charge in [-0.3, -0.25) is 14.8 Å². The fourth-order valence-electron chi connectivity index (χ4n) is 4.50. The van der Waals surface area contributed by atoms with Crippen molar-refractivity contribution in [2.24, 2.45) is 11.7 Å². The number of rotatable bonds is 8. The minimum atomic E-state index is -4.83. The second-order valence-electron chi connectivity index (χ2n) is 9.71. The van der Waals surface area contributed by atoms with Crippen LogP contribution in [0.1, 0.15) is 66.7 Å². The number of nitrogens with two attached hydrogens (primary N) is 1. The predicted octanol–water partition coefficient (Wildman–Crippen LogP) is 7.00. The maximum absolute atomic E-state index is 14.1. The molecule has 0 fully saturated rings. The van der Waals surface area contributed by atoms with Crippen LogP contribution in [0.3, 0.4) is 0 Å². The lowest BCUT2D eigenvalue weighted by atomic mass is 9.78. The maximum Gasteiger partial charge on any atom is 0.435 e. The van der Waals surface area contributed by atoms with Crippen molar-refractivity contribution in [2.45, 2.75) is 51.9 Å². The fraction of sp³-hybridized carbons (Fsp3) is 0.310. The Balaban J connectivity index is 1.69. The molecule has 6 nitrogen and oxygen atoms in total. The zero-order valence-corrected chi connectivity index (χ0v) is 22.9. The molecule has 1 aromatic carbocycles. The van der Waals surface area contributed by atoms with Gasteiger partial charge in [-0.15, -0.1) is 11.3 Å². The summed E-state index contributed by atoms with van der Waals surface area (Å²) in [7, 11) is 0. The maximum atomic E-state index is 14.1. The van der Waals surface area contributed by atoms with Gasteiger partial charge < -0.3 is 11.1 Å². The van der Waals surface area contributed by atoms with E-state index in [0.717, 1.165) is 16.7 Å². The van der Waals surface area contributed by atoms with Gasteiger partial charge in [0.15, 0.2) is 5.69 Å². The number of amides is 1. The van der Waals surface area contributed by atoms with E-state index >= 15 is 0 Å². The van der Waals surface area contributed by atoms with Crippen molar-refractivity contribution in [1.29, 1.82) is 0 Å². The van der Waals surface area contributed by atoms with Crippen LogP contribution in [0.15, 0.2) is 67.1 Å². The first-order valence-electron chi connectivity index (χ1n) is 12.6. The molecule has 3 N–H and O–H groups in total. The summed E-state index contributed by atoms with van der Waals surface area (Å²) in [5.74, 6) is -0.875. The Hall–Kier alpha value is -3.63. The first-order valence-corrected chi connectivity index (χ1v) is 13.4. The molecule has 2 atom stereocenters. The van der Waals surface area contributed by atoms with Gasteiger partial charge in [-0.05, 0) is 54.2 Å². The number of hydrogen-bond acceptors (Lipinski definition) is 6.